The molecule has 150 valence electrons. The molecule has 0 bridgehead atoms. The molecule has 5 nitrogen and oxygen atoms in total. The Morgan fingerprint density at radius 1 is 0.867 bits per heavy atom. The Labute approximate surface area is 178 Å². The van der Waals surface area contributed by atoms with Crippen LogP contribution in [0.3, 0.4) is 0 Å². The first-order valence-electron chi connectivity index (χ1n) is 9.30. The van der Waals surface area contributed by atoms with E-state index in [1.807, 2.05) is 60.0 Å². The SMILES string of the molecule is COc1ccc(-c2nc(COC(=O)c3ccc(Oc4ccccc4)cc3)cs2)cc1. The van der Waals surface area contributed by atoms with Gasteiger partial charge in [-0.3, -0.25) is 0 Å². The fourth-order valence-electron chi connectivity index (χ4n) is 2.75. The van der Waals surface area contributed by atoms with Crippen molar-refractivity contribution in [2.75, 3.05) is 7.11 Å². The van der Waals surface area contributed by atoms with Crippen molar-refractivity contribution in [2.45, 2.75) is 6.61 Å². The quantitative estimate of drug-likeness (QED) is 0.347. The summed E-state index contributed by atoms with van der Waals surface area (Å²) in [6, 6.07) is 24.0. The monoisotopic (exact) mass is 417 g/mol. The fourth-order valence-corrected chi connectivity index (χ4v) is 3.56. The van der Waals surface area contributed by atoms with Gasteiger partial charge in [-0.25, -0.2) is 9.78 Å². The highest BCUT2D eigenvalue weighted by molar-refractivity contribution is 7.13. The number of rotatable bonds is 7. The molecule has 4 aromatic rings. The minimum atomic E-state index is -0.403. The van der Waals surface area contributed by atoms with Crippen molar-refractivity contribution >= 4 is 17.3 Å². The predicted octanol–water partition coefficient (Wildman–Crippen LogP) is 5.97. The largest absolute Gasteiger partial charge is 0.497 e. The van der Waals surface area contributed by atoms with Gasteiger partial charge in [0.1, 0.15) is 28.9 Å². The van der Waals surface area contributed by atoms with Crippen LogP contribution in [0, 0.1) is 0 Å². The van der Waals surface area contributed by atoms with Gasteiger partial charge in [-0.1, -0.05) is 18.2 Å². The van der Waals surface area contributed by atoms with Crippen LogP contribution in [-0.2, 0) is 11.3 Å². The lowest BCUT2D eigenvalue weighted by molar-refractivity contribution is 0.0468. The van der Waals surface area contributed by atoms with E-state index >= 15 is 0 Å². The number of nitrogens with zero attached hydrogens (tertiary/aromatic N) is 1. The Bertz CT molecular complexity index is 1110. The lowest BCUT2D eigenvalue weighted by Gasteiger charge is -2.07. The number of aromatic nitrogens is 1. The van der Waals surface area contributed by atoms with Crippen molar-refractivity contribution in [3.05, 3.63) is 95.5 Å². The van der Waals surface area contributed by atoms with Gasteiger partial charge in [0.25, 0.3) is 0 Å². The minimum absolute atomic E-state index is 0.119. The Morgan fingerprint density at radius 3 is 2.23 bits per heavy atom. The summed E-state index contributed by atoms with van der Waals surface area (Å²) in [6.45, 7) is 0.119. The van der Waals surface area contributed by atoms with E-state index < -0.39 is 5.97 Å². The topological polar surface area (TPSA) is 57.7 Å². The summed E-state index contributed by atoms with van der Waals surface area (Å²) >= 11 is 1.51. The highest BCUT2D eigenvalue weighted by atomic mass is 32.1. The Morgan fingerprint density at radius 2 is 1.53 bits per heavy atom. The lowest BCUT2D eigenvalue weighted by atomic mass is 10.2. The smallest absolute Gasteiger partial charge is 0.338 e. The third-order valence-electron chi connectivity index (χ3n) is 4.31. The van der Waals surface area contributed by atoms with Crippen LogP contribution in [0.4, 0.5) is 0 Å². The van der Waals surface area contributed by atoms with Crippen LogP contribution in [0.5, 0.6) is 17.2 Å². The molecular formula is C24H19NO4S. The van der Waals surface area contributed by atoms with Crippen molar-refractivity contribution in [3.63, 3.8) is 0 Å². The summed E-state index contributed by atoms with van der Waals surface area (Å²) in [5, 5.41) is 2.76. The van der Waals surface area contributed by atoms with E-state index in [1.54, 1.807) is 31.4 Å². The molecule has 0 fully saturated rings. The van der Waals surface area contributed by atoms with Crippen molar-refractivity contribution in [3.8, 4) is 27.8 Å². The second-order valence-corrected chi connectivity index (χ2v) is 7.25. The number of esters is 1. The summed E-state index contributed by atoms with van der Waals surface area (Å²) < 4.78 is 16.3. The van der Waals surface area contributed by atoms with Gasteiger partial charge >= 0.3 is 5.97 Å². The van der Waals surface area contributed by atoms with E-state index in [0.717, 1.165) is 22.1 Å². The molecule has 0 saturated carbocycles. The standard InChI is InChI=1S/C24H19NO4S/c1-27-20-11-7-17(8-12-20)23-25-19(16-30-23)15-28-24(26)18-9-13-22(14-10-18)29-21-5-3-2-4-6-21/h2-14,16H,15H2,1H3. The maximum absolute atomic E-state index is 12.3. The number of methoxy groups -OCH3 is 1. The summed E-state index contributed by atoms with van der Waals surface area (Å²) in [5.74, 6) is 1.79. The van der Waals surface area contributed by atoms with Gasteiger partial charge in [0.15, 0.2) is 0 Å². The number of para-hydroxylation sites is 1. The van der Waals surface area contributed by atoms with Crippen LogP contribution in [0.2, 0.25) is 0 Å². The highest BCUT2D eigenvalue weighted by Crippen LogP contribution is 2.26. The Kier molecular flexibility index (Phi) is 6.06. The molecule has 4 rings (SSSR count). The molecule has 0 aliphatic carbocycles. The summed E-state index contributed by atoms with van der Waals surface area (Å²) in [5.41, 5.74) is 2.16. The van der Waals surface area contributed by atoms with E-state index in [1.165, 1.54) is 11.3 Å². The van der Waals surface area contributed by atoms with Crippen molar-refractivity contribution in [1.82, 2.24) is 4.98 Å². The Balaban J connectivity index is 1.33. The van der Waals surface area contributed by atoms with Crippen LogP contribution >= 0.6 is 11.3 Å². The number of carbonyl (C=O) groups is 1. The normalized spacial score (nSPS) is 10.4. The zero-order chi connectivity index (χ0) is 20.8. The molecule has 0 N–H and O–H groups in total. The molecule has 0 saturated heterocycles. The van der Waals surface area contributed by atoms with Crippen LogP contribution in [-0.4, -0.2) is 18.1 Å². The average Bonchev–Trinajstić information content (AvgIpc) is 3.28. The van der Waals surface area contributed by atoms with Crippen LogP contribution < -0.4 is 9.47 Å². The third-order valence-corrected chi connectivity index (χ3v) is 5.25. The first-order valence-corrected chi connectivity index (χ1v) is 10.2. The maximum atomic E-state index is 12.3. The van der Waals surface area contributed by atoms with E-state index in [2.05, 4.69) is 4.98 Å². The molecule has 0 atom stereocenters. The molecule has 0 aliphatic heterocycles. The van der Waals surface area contributed by atoms with Gasteiger partial charge in [-0.15, -0.1) is 11.3 Å². The van der Waals surface area contributed by atoms with Crippen molar-refractivity contribution in [1.29, 1.82) is 0 Å². The van der Waals surface area contributed by atoms with E-state index in [-0.39, 0.29) is 6.61 Å². The lowest BCUT2D eigenvalue weighted by Crippen LogP contribution is -2.05. The van der Waals surface area contributed by atoms with Crippen LogP contribution in [0.1, 0.15) is 16.1 Å². The molecule has 0 unspecified atom stereocenters. The van der Waals surface area contributed by atoms with Gasteiger partial charge < -0.3 is 14.2 Å². The number of hydrogen-bond acceptors (Lipinski definition) is 6. The molecular weight excluding hydrogens is 398 g/mol. The molecule has 6 heteroatoms. The average molecular weight is 417 g/mol. The van der Waals surface area contributed by atoms with Crippen molar-refractivity contribution < 1.29 is 19.0 Å². The first-order chi connectivity index (χ1) is 14.7. The maximum Gasteiger partial charge on any atom is 0.338 e. The highest BCUT2D eigenvalue weighted by Gasteiger charge is 2.11. The predicted molar refractivity (Wildman–Crippen MR) is 116 cm³/mol. The molecule has 1 heterocycles. The fraction of sp³-hybridized carbons (Fsp3) is 0.0833. The first kappa shape index (κ1) is 19.7. The van der Waals surface area contributed by atoms with Crippen molar-refractivity contribution in [2.24, 2.45) is 0 Å². The molecule has 0 spiro atoms. The van der Waals surface area contributed by atoms with Gasteiger partial charge in [-0.2, -0.15) is 0 Å². The van der Waals surface area contributed by atoms with E-state index in [9.17, 15) is 4.79 Å². The second-order valence-electron chi connectivity index (χ2n) is 6.39. The third kappa shape index (κ3) is 4.85. The zero-order valence-corrected chi connectivity index (χ0v) is 17.1. The summed E-state index contributed by atoms with van der Waals surface area (Å²) in [7, 11) is 1.63. The number of hydrogen-bond donors (Lipinski definition) is 0. The van der Waals surface area contributed by atoms with Gasteiger partial charge in [0, 0.05) is 10.9 Å². The zero-order valence-electron chi connectivity index (χ0n) is 16.3. The molecule has 1 aromatic heterocycles. The summed E-state index contributed by atoms with van der Waals surface area (Å²) in [4.78, 5) is 16.9. The molecule has 30 heavy (non-hydrogen) atoms. The van der Waals surface area contributed by atoms with E-state index in [0.29, 0.717) is 17.0 Å². The minimum Gasteiger partial charge on any atom is -0.497 e. The van der Waals surface area contributed by atoms with Crippen LogP contribution in [0.15, 0.2) is 84.2 Å². The Hall–Kier alpha value is -3.64. The van der Waals surface area contributed by atoms with Gasteiger partial charge in [0.05, 0.1) is 18.4 Å². The van der Waals surface area contributed by atoms with Crippen LogP contribution in [0.25, 0.3) is 10.6 Å². The second kappa shape index (κ2) is 9.24. The molecule has 3 aromatic carbocycles. The summed E-state index contributed by atoms with van der Waals surface area (Å²) in [6.07, 6.45) is 0. The van der Waals surface area contributed by atoms with E-state index in [4.69, 9.17) is 14.2 Å². The molecule has 0 amide bonds. The molecule has 0 radical (unpaired) electrons. The van der Waals surface area contributed by atoms with Gasteiger partial charge in [-0.05, 0) is 60.7 Å². The molecule has 0 aliphatic rings. The van der Waals surface area contributed by atoms with Gasteiger partial charge in [0.2, 0.25) is 0 Å². The number of benzene rings is 3. The number of thiazole rings is 1. The number of ether oxygens (including phenoxy) is 3. The number of carbonyl (C=O) groups excluding carboxylic acids is 1.